The minimum Gasteiger partial charge on any atom is -0.444 e. The van der Waals surface area contributed by atoms with Crippen LogP contribution in [0.5, 0.6) is 0 Å². The van der Waals surface area contributed by atoms with E-state index in [1.165, 1.54) is 18.5 Å². The molecule has 1 fully saturated rings. The maximum atomic E-state index is 14.5. The number of hydrogen-bond acceptors (Lipinski definition) is 7. The van der Waals surface area contributed by atoms with Crippen LogP contribution in [0, 0.1) is 5.82 Å². The number of piperazine rings is 1. The van der Waals surface area contributed by atoms with Crippen LogP contribution in [0.1, 0.15) is 20.8 Å². The second-order valence-electron chi connectivity index (χ2n) is 8.56. The fourth-order valence-electron chi connectivity index (χ4n) is 3.39. The average Bonchev–Trinajstić information content (AvgIpc) is 2.78. The Morgan fingerprint density at radius 2 is 1.82 bits per heavy atom. The number of hydrogen-bond donors (Lipinski definition) is 1. The summed E-state index contributed by atoms with van der Waals surface area (Å²) in [6, 6.07) is 6.68. The van der Waals surface area contributed by atoms with Gasteiger partial charge >= 0.3 is 6.09 Å². The number of ether oxygens (including phenoxy) is 1. The molecule has 1 saturated heterocycles. The summed E-state index contributed by atoms with van der Waals surface area (Å²) >= 11 is 11.8. The number of carbonyl (C=O) groups excluding carboxylic acids is 1. The van der Waals surface area contributed by atoms with Gasteiger partial charge in [0.15, 0.2) is 11.6 Å². The second kappa shape index (κ2) is 9.15. The van der Waals surface area contributed by atoms with Gasteiger partial charge in [0.2, 0.25) is 0 Å². The molecule has 1 aromatic carbocycles. The number of amides is 1. The molecule has 1 aliphatic heterocycles. The third-order valence-corrected chi connectivity index (χ3v) is 5.79. The van der Waals surface area contributed by atoms with Gasteiger partial charge in [-0.15, -0.1) is 0 Å². The predicted octanol–water partition coefficient (Wildman–Crippen LogP) is 5.27. The van der Waals surface area contributed by atoms with E-state index in [0.29, 0.717) is 48.8 Å². The first-order valence-corrected chi connectivity index (χ1v) is 11.1. The normalized spacial score (nSPS) is 14.5. The van der Waals surface area contributed by atoms with Crippen molar-refractivity contribution in [2.45, 2.75) is 26.4 Å². The summed E-state index contributed by atoms with van der Waals surface area (Å²) in [4.78, 5) is 29.3. The van der Waals surface area contributed by atoms with Crippen molar-refractivity contribution in [1.29, 1.82) is 0 Å². The molecule has 0 bridgehead atoms. The maximum absolute atomic E-state index is 14.5. The fourth-order valence-corrected chi connectivity index (χ4v) is 3.70. The van der Waals surface area contributed by atoms with E-state index in [-0.39, 0.29) is 21.8 Å². The Kier molecular flexibility index (Phi) is 6.45. The Hall–Kier alpha value is -2.91. The fraction of sp³-hybridized carbons (Fsp3) is 0.364. The SMILES string of the molecule is CC(C)(C)OC(=O)N1CCN(c2ccc3ncnc(Nc4ccc(Cl)c(Cl)c4F)c3n2)CC1. The molecule has 0 radical (unpaired) electrons. The van der Waals surface area contributed by atoms with Gasteiger partial charge in [-0.2, -0.15) is 0 Å². The quantitative estimate of drug-likeness (QED) is 0.498. The van der Waals surface area contributed by atoms with Crippen LogP contribution in [0.15, 0.2) is 30.6 Å². The number of benzene rings is 1. The van der Waals surface area contributed by atoms with Gasteiger partial charge in [-0.1, -0.05) is 23.2 Å². The third-order valence-electron chi connectivity index (χ3n) is 5.01. The number of nitrogens with one attached hydrogen (secondary N) is 1. The Morgan fingerprint density at radius 3 is 2.52 bits per heavy atom. The summed E-state index contributed by atoms with van der Waals surface area (Å²) in [7, 11) is 0. The van der Waals surface area contributed by atoms with Crippen LogP contribution in [0.4, 0.5) is 26.5 Å². The molecule has 1 aliphatic rings. The van der Waals surface area contributed by atoms with E-state index < -0.39 is 11.4 Å². The Labute approximate surface area is 200 Å². The zero-order valence-electron chi connectivity index (χ0n) is 18.4. The van der Waals surface area contributed by atoms with Crippen molar-refractivity contribution in [3.05, 3.63) is 46.5 Å². The summed E-state index contributed by atoms with van der Waals surface area (Å²) < 4.78 is 20.0. The molecule has 11 heteroatoms. The van der Waals surface area contributed by atoms with Gasteiger partial charge in [-0.3, -0.25) is 0 Å². The number of fused-ring (bicyclic) bond motifs is 1. The molecule has 33 heavy (non-hydrogen) atoms. The topological polar surface area (TPSA) is 83.5 Å². The van der Waals surface area contributed by atoms with Crippen molar-refractivity contribution in [2.75, 3.05) is 36.4 Å². The monoisotopic (exact) mass is 492 g/mol. The number of carbonyl (C=O) groups is 1. The average molecular weight is 493 g/mol. The zero-order chi connectivity index (χ0) is 23.8. The van der Waals surface area contributed by atoms with Gasteiger partial charge in [0.1, 0.15) is 23.3 Å². The van der Waals surface area contributed by atoms with Crippen molar-refractivity contribution in [1.82, 2.24) is 19.9 Å². The molecule has 4 rings (SSSR count). The molecule has 8 nitrogen and oxygen atoms in total. The van der Waals surface area contributed by atoms with Crippen LogP contribution in [0.2, 0.25) is 10.0 Å². The van der Waals surface area contributed by atoms with Crippen LogP contribution < -0.4 is 10.2 Å². The van der Waals surface area contributed by atoms with Crippen molar-refractivity contribution in [2.24, 2.45) is 0 Å². The Balaban J connectivity index is 1.54. The van der Waals surface area contributed by atoms with E-state index in [4.69, 9.17) is 32.9 Å². The lowest BCUT2D eigenvalue weighted by molar-refractivity contribution is 0.0240. The molecule has 174 valence electrons. The molecular weight excluding hydrogens is 470 g/mol. The van der Waals surface area contributed by atoms with Gasteiger partial charge in [0.25, 0.3) is 0 Å². The van der Waals surface area contributed by atoms with Crippen LogP contribution >= 0.6 is 23.2 Å². The highest BCUT2D eigenvalue weighted by Crippen LogP contribution is 2.32. The second-order valence-corrected chi connectivity index (χ2v) is 9.35. The molecule has 0 atom stereocenters. The first-order chi connectivity index (χ1) is 15.6. The van der Waals surface area contributed by atoms with E-state index in [1.54, 1.807) is 4.90 Å². The highest BCUT2D eigenvalue weighted by Gasteiger charge is 2.26. The predicted molar refractivity (Wildman–Crippen MR) is 127 cm³/mol. The molecule has 1 amide bonds. The molecule has 3 aromatic rings. The highest BCUT2D eigenvalue weighted by atomic mass is 35.5. The molecule has 0 unspecified atom stereocenters. The van der Waals surface area contributed by atoms with E-state index in [0.717, 1.165) is 0 Å². The number of halogens is 3. The molecule has 1 N–H and O–H groups in total. The minimum atomic E-state index is -0.676. The summed E-state index contributed by atoms with van der Waals surface area (Å²) in [5.41, 5.74) is 0.674. The third kappa shape index (κ3) is 5.20. The lowest BCUT2D eigenvalue weighted by atomic mass is 10.2. The van der Waals surface area contributed by atoms with Crippen LogP contribution in [0.25, 0.3) is 11.0 Å². The number of anilines is 3. The molecule has 0 aliphatic carbocycles. The molecule has 3 heterocycles. The van der Waals surface area contributed by atoms with Crippen LogP contribution in [-0.2, 0) is 4.74 Å². The van der Waals surface area contributed by atoms with Crippen molar-refractivity contribution >= 4 is 57.7 Å². The Bertz CT molecular complexity index is 1200. The van der Waals surface area contributed by atoms with Crippen molar-refractivity contribution in [3.63, 3.8) is 0 Å². The lowest BCUT2D eigenvalue weighted by Gasteiger charge is -2.36. The zero-order valence-corrected chi connectivity index (χ0v) is 19.9. The molecule has 0 spiro atoms. The summed E-state index contributed by atoms with van der Waals surface area (Å²) in [5, 5.41) is 2.89. The smallest absolute Gasteiger partial charge is 0.410 e. The van der Waals surface area contributed by atoms with E-state index in [2.05, 4.69) is 20.2 Å². The van der Waals surface area contributed by atoms with Gasteiger partial charge in [-0.05, 0) is 45.0 Å². The van der Waals surface area contributed by atoms with E-state index >= 15 is 0 Å². The van der Waals surface area contributed by atoms with Gasteiger partial charge < -0.3 is 19.9 Å². The standard InChI is InChI=1S/C22H23Cl2FN6O2/c1-22(2,3)33-21(32)31-10-8-30(9-11-31)16-7-6-15-19(29-16)20(27-12-26-15)28-14-5-4-13(23)17(24)18(14)25/h4-7,12H,8-11H2,1-3H3,(H,26,27,28). The van der Waals surface area contributed by atoms with Gasteiger partial charge in [0.05, 0.1) is 21.2 Å². The number of rotatable bonds is 3. The van der Waals surface area contributed by atoms with Crippen molar-refractivity contribution in [3.8, 4) is 0 Å². The summed E-state index contributed by atoms with van der Waals surface area (Å²) in [5.74, 6) is 0.371. The number of aromatic nitrogens is 3. The Morgan fingerprint density at radius 1 is 1.09 bits per heavy atom. The molecular formula is C22H23Cl2FN6O2. The maximum Gasteiger partial charge on any atom is 0.410 e. The minimum absolute atomic E-state index is 0.123. The van der Waals surface area contributed by atoms with Crippen LogP contribution in [-0.4, -0.2) is 57.7 Å². The van der Waals surface area contributed by atoms with Gasteiger partial charge in [-0.25, -0.2) is 24.1 Å². The summed E-state index contributed by atoms with van der Waals surface area (Å²) in [6.45, 7) is 7.75. The molecule has 2 aromatic heterocycles. The van der Waals surface area contributed by atoms with Crippen molar-refractivity contribution < 1.29 is 13.9 Å². The van der Waals surface area contributed by atoms with E-state index in [1.807, 2.05) is 32.9 Å². The van der Waals surface area contributed by atoms with Gasteiger partial charge in [0, 0.05) is 26.2 Å². The first-order valence-electron chi connectivity index (χ1n) is 10.4. The number of pyridine rings is 1. The first kappa shape index (κ1) is 23.3. The van der Waals surface area contributed by atoms with Crippen LogP contribution in [0.3, 0.4) is 0 Å². The lowest BCUT2D eigenvalue weighted by Crippen LogP contribution is -2.50. The molecule has 0 saturated carbocycles. The van der Waals surface area contributed by atoms with E-state index in [9.17, 15) is 9.18 Å². The largest absolute Gasteiger partial charge is 0.444 e. The highest BCUT2D eigenvalue weighted by molar-refractivity contribution is 6.42. The number of nitrogens with zero attached hydrogens (tertiary/aromatic N) is 5. The summed E-state index contributed by atoms with van der Waals surface area (Å²) in [6.07, 6.45) is 1.05.